The standard InChI is InChI=1S/C17H34N2O/c1-4-14-5-6-17(20)16(11-14)13-19(3)12-15-7-9-18(2)10-8-15/h14-17,20H,4-13H2,1-3H3. The maximum atomic E-state index is 10.2. The molecule has 3 heteroatoms. The van der Waals surface area contributed by atoms with Crippen LogP contribution < -0.4 is 0 Å². The Morgan fingerprint density at radius 1 is 1.05 bits per heavy atom. The van der Waals surface area contributed by atoms with Gasteiger partial charge in [-0.15, -0.1) is 0 Å². The van der Waals surface area contributed by atoms with Crippen LogP contribution in [0.5, 0.6) is 0 Å². The Hall–Kier alpha value is -0.120. The maximum Gasteiger partial charge on any atom is 0.0580 e. The predicted octanol–water partition coefficient (Wildman–Crippen LogP) is 2.45. The van der Waals surface area contributed by atoms with Crippen molar-refractivity contribution in [3.63, 3.8) is 0 Å². The average Bonchev–Trinajstić information content (AvgIpc) is 2.44. The summed E-state index contributed by atoms with van der Waals surface area (Å²) in [6, 6.07) is 0. The molecule has 3 unspecified atom stereocenters. The van der Waals surface area contributed by atoms with Crippen LogP contribution in [0.25, 0.3) is 0 Å². The monoisotopic (exact) mass is 282 g/mol. The number of hydrogen-bond donors (Lipinski definition) is 1. The first-order chi connectivity index (χ1) is 9.58. The highest BCUT2D eigenvalue weighted by molar-refractivity contribution is 4.82. The maximum absolute atomic E-state index is 10.2. The van der Waals surface area contributed by atoms with Crippen LogP contribution in [-0.2, 0) is 0 Å². The van der Waals surface area contributed by atoms with E-state index < -0.39 is 0 Å². The molecular weight excluding hydrogens is 248 g/mol. The molecule has 0 amide bonds. The molecule has 0 aromatic heterocycles. The van der Waals surface area contributed by atoms with Crippen molar-refractivity contribution in [2.45, 2.75) is 51.6 Å². The van der Waals surface area contributed by atoms with Crippen LogP contribution >= 0.6 is 0 Å². The van der Waals surface area contributed by atoms with Crippen molar-refractivity contribution < 1.29 is 5.11 Å². The van der Waals surface area contributed by atoms with Crippen LogP contribution in [0.4, 0.5) is 0 Å². The molecule has 0 bridgehead atoms. The van der Waals surface area contributed by atoms with Crippen LogP contribution in [0.15, 0.2) is 0 Å². The molecule has 0 aromatic rings. The van der Waals surface area contributed by atoms with E-state index in [1.807, 2.05) is 0 Å². The smallest absolute Gasteiger partial charge is 0.0580 e. The number of hydrogen-bond acceptors (Lipinski definition) is 3. The lowest BCUT2D eigenvalue weighted by Gasteiger charge is -2.37. The molecule has 20 heavy (non-hydrogen) atoms. The van der Waals surface area contributed by atoms with Gasteiger partial charge >= 0.3 is 0 Å². The first-order valence-corrected chi connectivity index (χ1v) is 8.63. The third kappa shape index (κ3) is 4.71. The lowest BCUT2D eigenvalue weighted by atomic mass is 9.78. The van der Waals surface area contributed by atoms with Gasteiger partial charge in [0.05, 0.1) is 6.10 Å². The van der Waals surface area contributed by atoms with E-state index >= 15 is 0 Å². The topological polar surface area (TPSA) is 26.7 Å². The fourth-order valence-corrected chi connectivity index (χ4v) is 4.07. The molecule has 0 spiro atoms. The van der Waals surface area contributed by atoms with Crippen molar-refractivity contribution >= 4 is 0 Å². The Labute approximate surface area is 125 Å². The Morgan fingerprint density at radius 2 is 1.75 bits per heavy atom. The van der Waals surface area contributed by atoms with Gasteiger partial charge in [-0.25, -0.2) is 0 Å². The fourth-order valence-electron chi connectivity index (χ4n) is 4.07. The van der Waals surface area contributed by atoms with E-state index in [1.165, 1.54) is 51.7 Å². The Bertz CT molecular complexity index is 276. The van der Waals surface area contributed by atoms with Gasteiger partial charge in [0.25, 0.3) is 0 Å². The zero-order chi connectivity index (χ0) is 14.5. The summed E-state index contributed by atoms with van der Waals surface area (Å²) >= 11 is 0. The van der Waals surface area contributed by atoms with E-state index in [-0.39, 0.29) is 6.10 Å². The minimum atomic E-state index is -0.0576. The lowest BCUT2D eigenvalue weighted by molar-refractivity contribution is 0.0270. The van der Waals surface area contributed by atoms with E-state index in [2.05, 4.69) is 30.8 Å². The second-order valence-corrected chi connectivity index (χ2v) is 7.38. The average molecular weight is 282 g/mol. The van der Waals surface area contributed by atoms with Gasteiger partial charge in [0.15, 0.2) is 0 Å². The van der Waals surface area contributed by atoms with Crippen molar-refractivity contribution in [3.05, 3.63) is 0 Å². The van der Waals surface area contributed by atoms with Crippen molar-refractivity contribution in [1.29, 1.82) is 0 Å². The fraction of sp³-hybridized carbons (Fsp3) is 1.00. The summed E-state index contributed by atoms with van der Waals surface area (Å²) in [6.07, 6.45) is 7.38. The summed E-state index contributed by atoms with van der Waals surface area (Å²) in [5.41, 5.74) is 0. The first kappa shape index (κ1) is 16.3. The molecule has 118 valence electrons. The van der Waals surface area contributed by atoms with Gasteiger partial charge in [-0.3, -0.25) is 0 Å². The molecule has 1 aliphatic heterocycles. The van der Waals surface area contributed by atoms with Gasteiger partial charge in [-0.2, -0.15) is 0 Å². The number of piperidine rings is 1. The molecule has 1 aliphatic carbocycles. The molecule has 3 nitrogen and oxygen atoms in total. The SMILES string of the molecule is CCC1CCC(O)C(CN(C)CC2CCN(C)CC2)C1. The Balaban J connectivity index is 1.74. The van der Waals surface area contributed by atoms with Gasteiger partial charge in [0.1, 0.15) is 0 Å². The van der Waals surface area contributed by atoms with E-state index in [9.17, 15) is 5.11 Å². The summed E-state index contributed by atoms with van der Waals surface area (Å²) in [5.74, 6) is 2.21. The van der Waals surface area contributed by atoms with Crippen molar-refractivity contribution in [1.82, 2.24) is 9.80 Å². The van der Waals surface area contributed by atoms with Gasteiger partial charge in [-0.05, 0) is 77.0 Å². The van der Waals surface area contributed by atoms with E-state index in [4.69, 9.17) is 0 Å². The molecule has 2 aliphatic rings. The highest BCUT2D eigenvalue weighted by Gasteiger charge is 2.29. The van der Waals surface area contributed by atoms with Gasteiger partial charge in [-0.1, -0.05) is 13.3 Å². The molecule has 1 heterocycles. The third-order valence-corrected chi connectivity index (χ3v) is 5.58. The Morgan fingerprint density at radius 3 is 2.40 bits per heavy atom. The normalized spacial score (nSPS) is 33.8. The second-order valence-electron chi connectivity index (χ2n) is 7.38. The summed E-state index contributed by atoms with van der Waals surface area (Å²) in [4.78, 5) is 4.93. The van der Waals surface area contributed by atoms with Crippen LogP contribution in [0, 0.1) is 17.8 Å². The predicted molar refractivity (Wildman–Crippen MR) is 84.8 cm³/mol. The van der Waals surface area contributed by atoms with Crippen LogP contribution in [-0.4, -0.2) is 61.3 Å². The molecule has 1 saturated heterocycles. The zero-order valence-electron chi connectivity index (χ0n) is 13.7. The number of aliphatic hydroxyl groups is 1. The quantitative estimate of drug-likeness (QED) is 0.839. The summed E-state index contributed by atoms with van der Waals surface area (Å²) in [5, 5.41) is 10.2. The molecule has 2 fully saturated rings. The van der Waals surface area contributed by atoms with Gasteiger partial charge < -0.3 is 14.9 Å². The molecule has 1 saturated carbocycles. The molecule has 1 N–H and O–H groups in total. The summed E-state index contributed by atoms with van der Waals surface area (Å²) in [6.45, 7) is 7.10. The molecule has 3 atom stereocenters. The van der Waals surface area contributed by atoms with Gasteiger partial charge in [0.2, 0.25) is 0 Å². The zero-order valence-corrected chi connectivity index (χ0v) is 13.7. The number of nitrogens with zero attached hydrogens (tertiary/aromatic N) is 2. The van der Waals surface area contributed by atoms with E-state index in [0.29, 0.717) is 5.92 Å². The molecule has 0 aromatic carbocycles. The largest absolute Gasteiger partial charge is 0.393 e. The minimum Gasteiger partial charge on any atom is -0.393 e. The number of likely N-dealkylation sites (tertiary alicyclic amines) is 1. The van der Waals surface area contributed by atoms with Crippen LogP contribution in [0.1, 0.15) is 45.4 Å². The lowest BCUT2D eigenvalue weighted by Crippen LogP contribution is -2.41. The Kier molecular flexibility index (Phi) is 6.31. The second kappa shape index (κ2) is 7.77. The van der Waals surface area contributed by atoms with Crippen LogP contribution in [0.2, 0.25) is 0 Å². The van der Waals surface area contributed by atoms with E-state index in [0.717, 1.165) is 24.8 Å². The van der Waals surface area contributed by atoms with Crippen molar-refractivity contribution in [2.75, 3.05) is 40.3 Å². The number of aliphatic hydroxyl groups excluding tert-OH is 1. The summed E-state index contributed by atoms with van der Waals surface area (Å²) < 4.78 is 0. The van der Waals surface area contributed by atoms with E-state index in [1.54, 1.807) is 0 Å². The first-order valence-electron chi connectivity index (χ1n) is 8.63. The minimum absolute atomic E-state index is 0.0576. The summed E-state index contributed by atoms with van der Waals surface area (Å²) in [7, 11) is 4.48. The van der Waals surface area contributed by atoms with Gasteiger partial charge in [0, 0.05) is 13.1 Å². The van der Waals surface area contributed by atoms with Crippen LogP contribution in [0.3, 0.4) is 0 Å². The number of rotatable bonds is 5. The highest BCUT2D eigenvalue weighted by Crippen LogP contribution is 2.32. The highest BCUT2D eigenvalue weighted by atomic mass is 16.3. The molecule has 2 rings (SSSR count). The third-order valence-electron chi connectivity index (χ3n) is 5.58. The molecular formula is C17H34N2O. The van der Waals surface area contributed by atoms with Crippen molar-refractivity contribution in [2.24, 2.45) is 17.8 Å². The molecule has 0 radical (unpaired) electrons. The van der Waals surface area contributed by atoms with Crippen molar-refractivity contribution in [3.8, 4) is 0 Å².